The summed E-state index contributed by atoms with van der Waals surface area (Å²) in [5.74, 6) is 0. The Bertz CT molecular complexity index is 187. The molecule has 2 rings (SSSR count). The van der Waals surface area contributed by atoms with Crippen LogP contribution in [0.25, 0.3) is 0 Å². The average molecular weight is 223 g/mol. The van der Waals surface area contributed by atoms with Gasteiger partial charge in [-0.1, -0.05) is 18.9 Å². The third-order valence-corrected chi connectivity index (χ3v) is 3.61. The van der Waals surface area contributed by atoms with Gasteiger partial charge in [-0.3, -0.25) is 0 Å². The lowest BCUT2D eigenvalue weighted by atomic mass is 10.1. The molecule has 3 nitrogen and oxygen atoms in total. The minimum Gasteiger partial charge on any atom is -0.228 e. The number of nitrogens with zero attached hydrogens (tertiary/aromatic N) is 3. The normalized spacial score (nSPS) is 24.8. The van der Waals surface area contributed by atoms with E-state index < -0.39 is 0 Å². The molecule has 92 valence electrons. The molecule has 0 amide bonds. The standard InChI is InChI=1S/C13H25N3/c1-2-9-16(14-10-5-3-6-11-14)15-12-7-4-8-13-15/h2H,1,3-13H2. The van der Waals surface area contributed by atoms with Gasteiger partial charge in [-0.05, 0) is 25.7 Å². The summed E-state index contributed by atoms with van der Waals surface area (Å²) < 4.78 is 0. The second-order valence-corrected chi connectivity index (χ2v) is 4.87. The summed E-state index contributed by atoms with van der Waals surface area (Å²) in [7, 11) is 0. The highest BCUT2D eigenvalue weighted by atomic mass is 15.9. The van der Waals surface area contributed by atoms with Crippen molar-refractivity contribution >= 4 is 0 Å². The molecule has 2 aliphatic heterocycles. The van der Waals surface area contributed by atoms with Crippen molar-refractivity contribution in [3.8, 4) is 0 Å². The highest BCUT2D eigenvalue weighted by Crippen LogP contribution is 2.17. The van der Waals surface area contributed by atoms with Crippen LogP contribution >= 0.6 is 0 Å². The van der Waals surface area contributed by atoms with Gasteiger partial charge in [0.2, 0.25) is 0 Å². The summed E-state index contributed by atoms with van der Waals surface area (Å²) in [6.07, 6.45) is 10.2. The van der Waals surface area contributed by atoms with Gasteiger partial charge in [0.25, 0.3) is 0 Å². The molecule has 3 heteroatoms. The van der Waals surface area contributed by atoms with Gasteiger partial charge in [-0.25, -0.2) is 10.0 Å². The summed E-state index contributed by atoms with van der Waals surface area (Å²) in [5.41, 5.74) is 0. The van der Waals surface area contributed by atoms with Crippen LogP contribution in [0, 0.1) is 0 Å². The summed E-state index contributed by atoms with van der Waals surface area (Å²) >= 11 is 0. The fraction of sp³-hybridized carbons (Fsp3) is 0.846. The van der Waals surface area contributed by atoms with Gasteiger partial charge in [0.1, 0.15) is 0 Å². The van der Waals surface area contributed by atoms with Crippen molar-refractivity contribution in [1.29, 1.82) is 0 Å². The summed E-state index contributed by atoms with van der Waals surface area (Å²) in [4.78, 5) is 0. The Kier molecular flexibility index (Phi) is 4.82. The van der Waals surface area contributed by atoms with Crippen molar-refractivity contribution in [2.75, 3.05) is 32.7 Å². The SMILES string of the molecule is C=CCN(N1CCCCC1)N1CCCCC1. The second-order valence-electron chi connectivity index (χ2n) is 4.87. The number of piperidine rings is 2. The molecule has 0 saturated carbocycles. The molecule has 0 aromatic heterocycles. The Labute approximate surface area is 99.6 Å². The van der Waals surface area contributed by atoms with Crippen molar-refractivity contribution in [2.45, 2.75) is 38.5 Å². The maximum absolute atomic E-state index is 3.90. The molecule has 2 heterocycles. The first kappa shape index (κ1) is 12.1. The van der Waals surface area contributed by atoms with E-state index in [0.29, 0.717) is 0 Å². The average Bonchev–Trinajstić information content (AvgIpc) is 2.38. The second kappa shape index (κ2) is 6.38. The maximum atomic E-state index is 3.90. The monoisotopic (exact) mass is 223 g/mol. The highest BCUT2D eigenvalue weighted by molar-refractivity contribution is 4.75. The summed E-state index contributed by atoms with van der Waals surface area (Å²) in [6.45, 7) is 9.77. The zero-order chi connectivity index (χ0) is 11.2. The lowest BCUT2D eigenvalue weighted by Crippen LogP contribution is -2.56. The zero-order valence-corrected chi connectivity index (χ0v) is 10.4. The van der Waals surface area contributed by atoms with E-state index in [1.165, 1.54) is 64.7 Å². The number of rotatable bonds is 4. The molecule has 0 atom stereocenters. The van der Waals surface area contributed by atoms with Crippen LogP contribution in [-0.2, 0) is 0 Å². The van der Waals surface area contributed by atoms with Crippen LogP contribution < -0.4 is 0 Å². The fourth-order valence-electron chi connectivity index (χ4n) is 2.74. The molecular weight excluding hydrogens is 198 g/mol. The van der Waals surface area contributed by atoms with Gasteiger partial charge in [0.05, 0.1) is 0 Å². The minimum absolute atomic E-state index is 0.972. The van der Waals surface area contributed by atoms with Gasteiger partial charge in [0.15, 0.2) is 0 Å². The third kappa shape index (κ3) is 3.06. The fourth-order valence-corrected chi connectivity index (χ4v) is 2.74. The van der Waals surface area contributed by atoms with Crippen LogP contribution in [0.4, 0.5) is 0 Å². The van der Waals surface area contributed by atoms with E-state index in [1.54, 1.807) is 0 Å². The lowest BCUT2D eigenvalue weighted by Gasteiger charge is -2.44. The largest absolute Gasteiger partial charge is 0.228 e. The van der Waals surface area contributed by atoms with Crippen LogP contribution in [0.1, 0.15) is 38.5 Å². The molecule has 0 aromatic carbocycles. The first-order chi connectivity index (χ1) is 7.92. The number of hydrogen-bond acceptors (Lipinski definition) is 3. The van der Waals surface area contributed by atoms with E-state index in [2.05, 4.69) is 21.7 Å². The first-order valence-corrected chi connectivity index (χ1v) is 6.80. The van der Waals surface area contributed by atoms with E-state index in [4.69, 9.17) is 0 Å². The van der Waals surface area contributed by atoms with Gasteiger partial charge >= 0.3 is 0 Å². The molecule has 0 unspecified atom stereocenters. The van der Waals surface area contributed by atoms with E-state index >= 15 is 0 Å². The number of hydrazine groups is 2. The molecule has 0 spiro atoms. The van der Waals surface area contributed by atoms with E-state index in [0.717, 1.165) is 6.54 Å². The third-order valence-electron chi connectivity index (χ3n) is 3.61. The molecule has 2 aliphatic rings. The lowest BCUT2D eigenvalue weighted by molar-refractivity contribution is -0.190. The van der Waals surface area contributed by atoms with Crippen molar-refractivity contribution in [3.63, 3.8) is 0 Å². The van der Waals surface area contributed by atoms with Crippen LogP contribution in [-0.4, -0.2) is 47.9 Å². The zero-order valence-electron chi connectivity index (χ0n) is 10.4. The van der Waals surface area contributed by atoms with Crippen molar-refractivity contribution in [1.82, 2.24) is 15.1 Å². The molecule has 0 bridgehead atoms. The number of hydrogen-bond donors (Lipinski definition) is 0. The molecule has 2 fully saturated rings. The molecule has 0 aromatic rings. The van der Waals surface area contributed by atoms with Gasteiger partial charge < -0.3 is 0 Å². The van der Waals surface area contributed by atoms with Crippen molar-refractivity contribution in [2.24, 2.45) is 0 Å². The Balaban J connectivity index is 1.93. The Hall–Kier alpha value is -0.380. The van der Waals surface area contributed by atoms with Crippen LogP contribution in [0.3, 0.4) is 0 Å². The first-order valence-electron chi connectivity index (χ1n) is 6.80. The summed E-state index contributed by atoms with van der Waals surface area (Å²) in [6, 6.07) is 0. The van der Waals surface area contributed by atoms with Crippen molar-refractivity contribution in [3.05, 3.63) is 12.7 Å². The molecule has 0 radical (unpaired) electrons. The van der Waals surface area contributed by atoms with Gasteiger partial charge in [-0.2, -0.15) is 5.12 Å². The predicted octanol–water partition coefficient (Wildman–Crippen LogP) is 2.28. The van der Waals surface area contributed by atoms with Gasteiger partial charge in [0, 0.05) is 32.7 Å². The topological polar surface area (TPSA) is 9.72 Å². The van der Waals surface area contributed by atoms with Crippen LogP contribution in [0.15, 0.2) is 12.7 Å². The minimum atomic E-state index is 0.972. The Morgan fingerprint density at radius 3 is 1.62 bits per heavy atom. The van der Waals surface area contributed by atoms with E-state index in [1.807, 2.05) is 6.08 Å². The smallest absolute Gasteiger partial charge is 0.0471 e. The Morgan fingerprint density at radius 2 is 1.25 bits per heavy atom. The predicted molar refractivity (Wildman–Crippen MR) is 67.8 cm³/mol. The molecule has 2 saturated heterocycles. The van der Waals surface area contributed by atoms with Crippen LogP contribution in [0.2, 0.25) is 0 Å². The maximum Gasteiger partial charge on any atom is 0.0471 e. The van der Waals surface area contributed by atoms with Crippen LogP contribution in [0.5, 0.6) is 0 Å². The van der Waals surface area contributed by atoms with Gasteiger partial charge in [-0.15, -0.1) is 6.58 Å². The van der Waals surface area contributed by atoms with E-state index in [-0.39, 0.29) is 0 Å². The summed E-state index contributed by atoms with van der Waals surface area (Å²) in [5, 5.41) is 7.50. The molecular formula is C13H25N3. The van der Waals surface area contributed by atoms with E-state index in [9.17, 15) is 0 Å². The molecule has 0 aliphatic carbocycles. The molecule has 16 heavy (non-hydrogen) atoms. The molecule has 0 N–H and O–H groups in total. The Morgan fingerprint density at radius 1 is 0.812 bits per heavy atom. The van der Waals surface area contributed by atoms with Crippen molar-refractivity contribution < 1.29 is 0 Å². The highest BCUT2D eigenvalue weighted by Gasteiger charge is 2.23. The quantitative estimate of drug-likeness (QED) is 0.677.